The van der Waals surface area contributed by atoms with Crippen LogP contribution in [0.2, 0.25) is 5.02 Å². The molecule has 0 aliphatic heterocycles. The standard InChI is InChI=1S/C28H23ClN2OS/c29-25-15-7-8-16-27(25)32-17-9-10-18-33-28-24(20-30)23(21-11-3-1-4-12-21)19-26(31-28)22-13-5-2-6-14-22/h1-8,11-16,19H,9-10,17-18H2. The fourth-order valence-corrected chi connectivity index (χ4v) is 4.65. The predicted molar refractivity (Wildman–Crippen MR) is 137 cm³/mol. The summed E-state index contributed by atoms with van der Waals surface area (Å²) < 4.78 is 5.78. The second kappa shape index (κ2) is 11.6. The van der Waals surface area contributed by atoms with E-state index in [0.717, 1.165) is 46.0 Å². The van der Waals surface area contributed by atoms with E-state index in [0.29, 0.717) is 22.9 Å². The Morgan fingerprint density at radius 1 is 0.848 bits per heavy atom. The lowest BCUT2D eigenvalue weighted by Gasteiger charge is -2.13. The highest BCUT2D eigenvalue weighted by Gasteiger charge is 2.15. The zero-order chi connectivity index (χ0) is 22.9. The Balaban J connectivity index is 1.49. The van der Waals surface area contributed by atoms with Gasteiger partial charge in [-0.15, -0.1) is 11.8 Å². The van der Waals surface area contributed by atoms with Crippen LogP contribution in [-0.2, 0) is 0 Å². The average Bonchev–Trinajstić information content (AvgIpc) is 2.87. The predicted octanol–water partition coefficient (Wildman–Crippen LogP) is 7.89. The van der Waals surface area contributed by atoms with Crippen molar-refractivity contribution in [3.63, 3.8) is 0 Å². The van der Waals surface area contributed by atoms with Crippen molar-refractivity contribution in [1.82, 2.24) is 4.98 Å². The number of unbranched alkanes of at least 4 members (excludes halogenated alkanes) is 1. The number of aromatic nitrogens is 1. The van der Waals surface area contributed by atoms with Crippen molar-refractivity contribution in [2.75, 3.05) is 12.4 Å². The molecule has 5 heteroatoms. The van der Waals surface area contributed by atoms with Gasteiger partial charge in [-0.3, -0.25) is 0 Å². The van der Waals surface area contributed by atoms with E-state index < -0.39 is 0 Å². The second-order valence-corrected chi connectivity index (χ2v) is 8.90. The first-order valence-corrected chi connectivity index (χ1v) is 12.2. The summed E-state index contributed by atoms with van der Waals surface area (Å²) in [5.41, 5.74) is 4.46. The van der Waals surface area contributed by atoms with E-state index in [2.05, 4.69) is 6.07 Å². The molecule has 1 aromatic heterocycles. The van der Waals surface area contributed by atoms with Gasteiger partial charge >= 0.3 is 0 Å². The largest absolute Gasteiger partial charge is 0.492 e. The molecule has 3 nitrogen and oxygen atoms in total. The van der Waals surface area contributed by atoms with Gasteiger partial charge < -0.3 is 4.74 Å². The summed E-state index contributed by atoms with van der Waals surface area (Å²) in [5.74, 6) is 1.56. The quantitative estimate of drug-likeness (QED) is 0.184. The van der Waals surface area contributed by atoms with Crippen LogP contribution in [-0.4, -0.2) is 17.3 Å². The highest BCUT2D eigenvalue weighted by atomic mass is 35.5. The van der Waals surface area contributed by atoms with Crippen LogP contribution in [0.1, 0.15) is 18.4 Å². The first kappa shape index (κ1) is 22.9. The van der Waals surface area contributed by atoms with Gasteiger partial charge in [-0.1, -0.05) is 84.4 Å². The minimum absolute atomic E-state index is 0.599. The number of hydrogen-bond donors (Lipinski definition) is 0. The number of hydrogen-bond acceptors (Lipinski definition) is 4. The smallest absolute Gasteiger partial charge is 0.137 e. The van der Waals surface area contributed by atoms with Crippen LogP contribution in [0, 0.1) is 11.3 Å². The lowest BCUT2D eigenvalue weighted by Crippen LogP contribution is -1.99. The molecule has 4 aromatic rings. The summed E-state index contributed by atoms with van der Waals surface area (Å²) in [7, 11) is 0. The molecule has 33 heavy (non-hydrogen) atoms. The Hall–Kier alpha value is -3.26. The first-order chi connectivity index (χ1) is 16.3. The molecule has 0 saturated heterocycles. The van der Waals surface area contributed by atoms with E-state index >= 15 is 0 Å². The summed E-state index contributed by atoms with van der Waals surface area (Å²) in [6.45, 7) is 0.599. The molecule has 0 radical (unpaired) electrons. The molecule has 0 aliphatic carbocycles. The number of thioether (sulfide) groups is 1. The van der Waals surface area contributed by atoms with Gasteiger partial charge in [-0.05, 0) is 42.4 Å². The fourth-order valence-electron chi connectivity index (χ4n) is 3.45. The highest BCUT2D eigenvalue weighted by Crippen LogP contribution is 2.34. The average molecular weight is 471 g/mol. The lowest BCUT2D eigenvalue weighted by molar-refractivity contribution is 0.310. The number of benzene rings is 3. The zero-order valence-corrected chi connectivity index (χ0v) is 19.6. The third-order valence-electron chi connectivity index (χ3n) is 5.12. The molecule has 0 amide bonds. The SMILES string of the molecule is N#Cc1c(-c2ccccc2)cc(-c2ccccc2)nc1SCCCCOc1ccccc1Cl. The molecule has 4 rings (SSSR count). The van der Waals surface area contributed by atoms with E-state index in [4.69, 9.17) is 21.3 Å². The normalized spacial score (nSPS) is 10.5. The number of rotatable bonds is 9. The van der Waals surface area contributed by atoms with E-state index in [1.807, 2.05) is 91.0 Å². The summed E-state index contributed by atoms with van der Waals surface area (Å²) in [6.07, 6.45) is 1.84. The van der Waals surface area contributed by atoms with Gasteiger partial charge in [0, 0.05) is 11.1 Å². The van der Waals surface area contributed by atoms with Crippen molar-refractivity contribution >= 4 is 23.4 Å². The first-order valence-electron chi connectivity index (χ1n) is 10.8. The third-order valence-corrected chi connectivity index (χ3v) is 6.50. The Morgan fingerprint density at radius 3 is 2.21 bits per heavy atom. The minimum atomic E-state index is 0.599. The summed E-state index contributed by atoms with van der Waals surface area (Å²) in [4.78, 5) is 4.87. The van der Waals surface area contributed by atoms with Gasteiger partial charge in [-0.2, -0.15) is 5.26 Å². The monoisotopic (exact) mass is 470 g/mol. The molecule has 0 bridgehead atoms. The van der Waals surface area contributed by atoms with Crippen molar-refractivity contribution in [3.8, 4) is 34.2 Å². The molecule has 1 heterocycles. The molecule has 0 spiro atoms. The molecule has 0 unspecified atom stereocenters. The summed E-state index contributed by atoms with van der Waals surface area (Å²) in [6, 6.07) is 32.0. The van der Waals surface area contributed by atoms with Crippen molar-refractivity contribution in [2.24, 2.45) is 0 Å². The number of ether oxygens (including phenoxy) is 1. The van der Waals surface area contributed by atoms with E-state index in [-0.39, 0.29) is 0 Å². The van der Waals surface area contributed by atoms with Crippen molar-refractivity contribution in [3.05, 3.63) is 102 Å². The van der Waals surface area contributed by atoms with Crippen LogP contribution in [0.5, 0.6) is 5.75 Å². The van der Waals surface area contributed by atoms with Crippen molar-refractivity contribution in [1.29, 1.82) is 5.26 Å². The van der Waals surface area contributed by atoms with E-state index in [9.17, 15) is 5.26 Å². The maximum Gasteiger partial charge on any atom is 0.137 e. The van der Waals surface area contributed by atoms with Crippen LogP contribution in [0.3, 0.4) is 0 Å². The maximum atomic E-state index is 9.98. The Labute approximate surface area is 204 Å². The maximum absolute atomic E-state index is 9.98. The zero-order valence-electron chi connectivity index (χ0n) is 18.1. The Kier molecular flexibility index (Phi) is 8.03. The number of halogens is 1. The van der Waals surface area contributed by atoms with Gasteiger partial charge in [0.15, 0.2) is 0 Å². The van der Waals surface area contributed by atoms with Gasteiger partial charge in [0.2, 0.25) is 0 Å². The van der Waals surface area contributed by atoms with Crippen LogP contribution in [0.25, 0.3) is 22.4 Å². The van der Waals surface area contributed by atoms with Crippen LogP contribution < -0.4 is 4.74 Å². The second-order valence-electron chi connectivity index (χ2n) is 7.41. The summed E-state index contributed by atoms with van der Waals surface area (Å²) in [5, 5.41) is 11.4. The van der Waals surface area contributed by atoms with Crippen LogP contribution in [0.4, 0.5) is 0 Å². The minimum Gasteiger partial charge on any atom is -0.492 e. The van der Waals surface area contributed by atoms with Gasteiger partial charge in [-0.25, -0.2) is 4.98 Å². The Morgan fingerprint density at radius 2 is 1.52 bits per heavy atom. The number of nitriles is 1. The van der Waals surface area contributed by atoms with Crippen LogP contribution >= 0.6 is 23.4 Å². The van der Waals surface area contributed by atoms with E-state index in [1.165, 1.54) is 0 Å². The molecule has 0 saturated carbocycles. The third kappa shape index (κ3) is 5.96. The van der Waals surface area contributed by atoms with Gasteiger partial charge in [0.05, 0.1) is 22.9 Å². The number of para-hydroxylation sites is 1. The Bertz CT molecular complexity index is 1240. The van der Waals surface area contributed by atoms with E-state index in [1.54, 1.807) is 11.8 Å². The molecule has 0 atom stereocenters. The number of nitrogens with zero attached hydrogens (tertiary/aromatic N) is 2. The van der Waals surface area contributed by atoms with Crippen molar-refractivity contribution in [2.45, 2.75) is 17.9 Å². The van der Waals surface area contributed by atoms with Crippen LogP contribution in [0.15, 0.2) is 96.0 Å². The molecule has 0 aliphatic rings. The molecule has 164 valence electrons. The molecular weight excluding hydrogens is 448 g/mol. The molecule has 3 aromatic carbocycles. The summed E-state index contributed by atoms with van der Waals surface area (Å²) >= 11 is 7.76. The topological polar surface area (TPSA) is 45.9 Å². The van der Waals surface area contributed by atoms with Gasteiger partial charge in [0.25, 0.3) is 0 Å². The van der Waals surface area contributed by atoms with Crippen molar-refractivity contribution < 1.29 is 4.74 Å². The fraction of sp³-hybridized carbons (Fsp3) is 0.143. The molecule has 0 N–H and O–H groups in total. The van der Waals surface area contributed by atoms with Gasteiger partial charge in [0.1, 0.15) is 16.8 Å². The molecular formula is C28H23ClN2OS. The molecule has 0 fully saturated rings. The number of pyridine rings is 1. The highest BCUT2D eigenvalue weighted by molar-refractivity contribution is 7.99. The lowest BCUT2D eigenvalue weighted by atomic mass is 9.99.